The second kappa shape index (κ2) is 7.28. The lowest BCUT2D eigenvalue weighted by Crippen LogP contribution is -2.33. The first kappa shape index (κ1) is 20.2. The largest absolute Gasteiger partial charge is 0.381 e. The molecule has 3 heterocycles. The van der Waals surface area contributed by atoms with Crippen LogP contribution in [-0.4, -0.2) is 45.9 Å². The van der Waals surface area contributed by atoms with E-state index in [1.165, 1.54) is 12.3 Å². The van der Waals surface area contributed by atoms with Gasteiger partial charge in [0.15, 0.2) is 11.6 Å². The second-order valence-electron chi connectivity index (χ2n) is 8.07. The molecule has 0 bridgehead atoms. The summed E-state index contributed by atoms with van der Waals surface area (Å²) in [6, 6.07) is 8.73. The Morgan fingerprint density at radius 2 is 2.00 bits per heavy atom. The summed E-state index contributed by atoms with van der Waals surface area (Å²) in [6.07, 6.45) is 1.90. The third-order valence-electron chi connectivity index (χ3n) is 5.61. The topological polar surface area (TPSA) is 73.1 Å². The summed E-state index contributed by atoms with van der Waals surface area (Å²) in [7, 11) is 3.43. The van der Waals surface area contributed by atoms with Crippen LogP contribution in [0.5, 0.6) is 0 Å². The summed E-state index contributed by atoms with van der Waals surface area (Å²) in [5.41, 5.74) is 2.61. The Kier molecular flexibility index (Phi) is 4.89. The Morgan fingerprint density at radius 1 is 1.23 bits per heavy atom. The molecule has 0 aliphatic carbocycles. The van der Waals surface area contributed by atoms with Crippen molar-refractivity contribution < 1.29 is 13.9 Å². The van der Waals surface area contributed by atoms with Crippen LogP contribution in [-0.2, 0) is 21.4 Å². The van der Waals surface area contributed by atoms with Gasteiger partial charge in [0.05, 0.1) is 23.4 Å². The number of rotatable bonds is 5. The second-order valence-corrected chi connectivity index (χ2v) is 8.07. The van der Waals surface area contributed by atoms with Gasteiger partial charge in [0.2, 0.25) is 11.9 Å². The summed E-state index contributed by atoms with van der Waals surface area (Å²) in [5, 5.41) is 4.62. The zero-order valence-electron chi connectivity index (χ0n) is 17.7. The quantitative estimate of drug-likeness (QED) is 0.605. The van der Waals surface area contributed by atoms with Gasteiger partial charge >= 0.3 is 0 Å². The van der Waals surface area contributed by atoms with Crippen molar-refractivity contribution in [2.75, 3.05) is 19.1 Å². The van der Waals surface area contributed by atoms with Gasteiger partial charge in [0.1, 0.15) is 0 Å². The van der Waals surface area contributed by atoms with E-state index in [-0.39, 0.29) is 12.0 Å². The maximum Gasteiger partial charge on any atom is 0.236 e. The van der Waals surface area contributed by atoms with Crippen molar-refractivity contribution in [1.29, 1.82) is 0 Å². The van der Waals surface area contributed by atoms with Crippen molar-refractivity contribution in [3.8, 4) is 17.1 Å². The molecule has 1 unspecified atom stereocenters. The van der Waals surface area contributed by atoms with Crippen molar-refractivity contribution in [1.82, 2.24) is 19.7 Å². The van der Waals surface area contributed by atoms with E-state index in [2.05, 4.69) is 10.1 Å². The van der Waals surface area contributed by atoms with Gasteiger partial charge in [-0.1, -0.05) is 0 Å². The lowest BCUT2D eigenvalue weighted by atomic mass is 9.85. The number of hydrogen-bond donors (Lipinski definition) is 0. The summed E-state index contributed by atoms with van der Waals surface area (Å²) < 4.78 is 20.3. The molecule has 0 radical (unpaired) electrons. The van der Waals surface area contributed by atoms with E-state index in [4.69, 9.17) is 9.72 Å². The average molecular weight is 409 g/mol. The van der Waals surface area contributed by atoms with Crippen LogP contribution in [0.3, 0.4) is 0 Å². The number of halogens is 1. The van der Waals surface area contributed by atoms with Gasteiger partial charge < -0.3 is 9.64 Å². The molecule has 1 atom stereocenters. The number of pyridine rings is 1. The maximum absolute atomic E-state index is 13.3. The molecule has 156 valence electrons. The van der Waals surface area contributed by atoms with E-state index in [0.29, 0.717) is 23.8 Å². The Morgan fingerprint density at radius 3 is 2.67 bits per heavy atom. The molecule has 0 saturated heterocycles. The predicted molar refractivity (Wildman–Crippen MR) is 111 cm³/mol. The summed E-state index contributed by atoms with van der Waals surface area (Å²) in [5.74, 6) is 0.696. The highest BCUT2D eigenvalue weighted by Gasteiger charge is 2.42. The fourth-order valence-corrected chi connectivity index (χ4v) is 3.75. The van der Waals surface area contributed by atoms with Crippen LogP contribution >= 0.6 is 0 Å². The van der Waals surface area contributed by atoms with E-state index in [9.17, 15) is 9.18 Å². The van der Waals surface area contributed by atoms with Gasteiger partial charge in [-0.2, -0.15) is 9.49 Å². The van der Waals surface area contributed by atoms with Crippen molar-refractivity contribution in [2.45, 2.75) is 38.7 Å². The van der Waals surface area contributed by atoms with E-state index < -0.39 is 11.4 Å². The monoisotopic (exact) mass is 409 g/mol. The Balaban J connectivity index is 1.85. The lowest BCUT2D eigenvalue weighted by molar-refractivity contribution is -0.121. The third-order valence-corrected chi connectivity index (χ3v) is 5.61. The van der Waals surface area contributed by atoms with E-state index in [1.807, 2.05) is 39.0 Å². The van der Waals surface area contributed by atoms with Crippen LogP contribution in [0.15, 0.2) is 36.5 Å². The molecule has 0 saturated carbocycles. The molecular formula is C22H24FN5O2. The average Bonchev–Trinajstić information content (AvgIpc) is 3.22. The number of fused-ring (bicyclic) bond motifs is 1. The fourth-order valence-electron chi connectivity index (χ4n) is 3.75. The van der Waals surface area contributed by atoms with Crippen LogP contribution in [0.1, 0.15) is 32.2 Å². The SMILES string of the molecule is COC(C)Cc1nc(-c2ccc3c(c2)C(C)(C)C(=O)N3C)n(-c2ccc(F)nc2)n1. The number of nitrogens with zero attached hydrogens (tertiary/aromatic N) is 5. The highest BCUT2D eigenvalue weighted by atomic mass is 19.1. The minimum atomic E-state index is -0.629. The predicted octanol–water partition coefficient (Wildman–Crippen LogP) is 3.30. The molecule has 7 nitrogen and oxygen atoms in total. The minimum absolute atomic E-state index is 0.0495. The fraction of sp³-hybridized carbons (Fsp3) is 0.364. The van der Waals surface area contributed by atoms with Gasteiger partial charge in [-0.25, -0.2) is 14.6 Å². The van der Waals surface area contributed by atoms with Crippen LogP contribution in [0.4, 0.5) is 10.1 Å². The molecule has 1 aliphatic heterocycles. The van der Waals surface area contributed by atoms with E-state index >= 15 is 0 Å². The maximum atomic E-state index is 13.3. The number of anilines is 1. The number of aromatic nitrogens is 4. The molecule has 1 aliphatic rings. The van der Waals surface area contributed by atoms with Gasteiger partial charge in [-0.05, 0) is 56.7 Å². The number of carbonyl (C=O) groups excluding carboxylic acids is 1. The number of hydrogen-bond acceptors (Lipinski definition) is 5. The number of carbonyl (C=O) groups is 1. The molecule has 1 amide bonds. The molecule has 4 rings (SSSR count). The number of ether oxygens (including phenoxy) is 1. The van der Waals surface area contributed by atoms with Gasteiger partial charge in [-0.3, -0.25) is 4.79 Å². The van der Waals surface area contributed by atoms with E-state index in [0.717, 1.165) is 16.8 Å². The van der Waals surface area contributed by atoms with Crippen LogP contribution in [0, 0.1) is 5.95 Å². The molecule has 0 N–H and O–H groups in total. The van der Waals surface area contributed by atoms with Crippen molar-refractivity contribution in [2.24, 2.45) is 0 Å². The number of methoxy groups -OCH3 is 1. The number of benzene rings is 1. The molecule has 3 aromatic rings. The summed E-state index contributed by atoms with van der Waals surface area (Å²) in [4.78, 5) is 22.8. The molecule has 8 heteroatoms. The highest BCUT2D eigenvalue weighted by molar-refractivity contribution is 6.07. The zero-order valence-corrected chi connectivity index (χ0v) is 17.7. The zero-order chi connectivity index (χ0) is 21.6. The van der Waals surface area contributed by atoms with Gasteiger partial charge in [-0.15, -0.1) is 0 Å². The Hall–Kier alpha value is -3.13. The van der Waals surface area contributed by atoms with Gasteiger partial charge in [0, 0.05) is 31.8 Å². The lowest BCUT2D eigenvalue weighted by Gasteiger charge is -2.16. The minimum Gasteiger partial charge on any atom is -0.381 e. The van der Waals surface area contributed by atoms with Gasteiger partial charge in [0.25, 0.3) is 0 Å². The molecular weight excluding hydrogens is 385 g/mol. The van der Waals surface area contributed by atoms with Crippen LogP contribution in [0.25, 0.3) is 17.1 Å². The third kappa shape index (κ3) is 3.27. The Labute approximate surface area is 174 Å². The smallest absolute Gasteiger partial charge is 0.236 e. The highest BCUT2D eigenvalue weighted by Crippen LogP contribution is 2.42. The van der Waals surface area contributed by atoms with Crippen LogP contribution < -0.4 is 4.90 Å². The van der Waals surface area contributed by atoms with Crippen LogP contribution in [0.2, 0.25) is 0 Å². The van der Waals surface area contributed by atoms with E-state index in [1.54, 1.807) is 29.8 Å². The molecule has 0 spiro atoms. The number of amides is 1. The summed E-state index contributed by atoms with van der Waals surface area (Å²) >= 11 is 0. The standard InChI is InChI=1S/C22H24FN5O2/c1-13(30-5)10-19-25-20(28(26-19)15-7-9-18(23)24-12-15)14-6-8-17-16(11-14)22(2,3)21(29)27(17)4/h6-9,11-13H,10H2,1-5H3. The first-order chi connectivity index (χ1) is 14.2. The normalized spacial score (nSPS) is 16.1. The first-order valence-electron chi connectivity index (χ1n) is 9.76. The van der Waals surface area contributed by atoms with Crippen molar-refractivity contribution >= 4 is 11.6 Å². The van der Waals surface area contributed by atoms with Crippen molar-refractivity contribution in [3.63, 3.8) is 0 Å². The van der Waals surface area contributed by atoms with Crippen molar-refractivity contribution in [3.05, 3.63) is 53.9 Å². The Bertz CT molecular complexity index is 1110. The number of likely N-dealkylation sites (N-methyl/N-ethyl adjacent to an activating group) is 1. The molecule has 2 aromatic heterocycles. The summed E-state index contributed by atoms with van der Waals surface area (Å²) in [6.45, 7) is 5.78. The molecule has 0 fully saturated rings. The molecule has 1 aromatic carbocycles. The molecule has 30 heavy (non-hydrogen) atoms. The first-order valence-corrected chi connectivity index (χ1v) is 9.76.